The lowest BCUT2D eigenvalue weighted by Crippen LogP contribution is -2.15. The predicted octanol–water partition coefficient (Wildman–Crippen LogP) is 6.11. The van der Waals surface area contributed by atoms with Gasteiger partial charge in [0.05, 0.1) is 28.1 Å². The van der Waals surface area contributed by atoms with Crippen LogP contribution in [0.2, 0.25) is 0 Å². The molecule has 1 aromatic heterocycles. The second-order valence-electron chi connectivity index (χ2n) is 5.05. The van der Waals surface area contributed by atoms with Crippen molar-refractivity contribution in [1.82, 2.24) is 4.98 Å². The van der Waals surface area contributed by atoms with Crippen molar-refractivity contribution >= 4 is 0 Å². The summed E-state index contributed by atoms with van der Waals surface area (Å²) in [7, 11) is 0. The van der Waals surface area contributed by atoms with Gasteiger partial charge in [0.25, 0.3) is 0 Å². The van der Waals surface area contributed by atoms with Crippen LogP contribution >= 0.6 is 0 Å². The molecular weight excluding hydrogens is 365 g/mol. The van der Waals surface area contributed by atoms with E-state index in [4.69, 9.17) is 0 Å². The third-order valence-electron chi connectivity index (χ3n) is 3.32. The van der Waals surface area contributed by atoms with Crippen LogP contribution in [0.25, 0.3) is 11.3 Å². The molecule has 0 bridgehead atoms. The number of hydrogen-bond donors (Lipinski definition) is 0. The maximum atomic E-state index is 13.1. The third kappa shape index (κ3) is 3.88. The summed E-state index contributed by atoms with van der Waals surface area (Å²) in [6.07, 6.45) is -15.1. The topological polar surface area (TPSA) is 12.9 Å². The molecule has 0 unspecified atom stereocenters. The molecule has 136 valence electrons. The van der Waals surface area contributed by atoms with E-state index >= 15 is 0 Å². The lowest BCUT2D eigenvalue weighted by atomic mass is 9.96. The number of hydrogen-bond acceptors (Lipinski definition) is 1. The summed E-state index contributed by atoms with van der Waals surface area (Å²) >= 11 is 0. The molecule has 0 N–H and O–H groups in total. The monoisotopic (exact) mass is 373 g/mol. The molecule has 1 nitrogen and oxygen atoms in total. The van der Waals surface area contributed by atoms with Crippen molar-refractivity contribution in [3.05, 3.63) is 52.7 Å². The van der Waals surface area contributed by atoms with Crippen molar-refractivity contribution in [3.8, 4) is 11.3 Å². The number of rotatable bonds is 1. The van der Waals surface area contributed by atoms with Crippen LogP contribution in [0.4, 0.5) is 39.5 Å². The van der Waals surface area contributed by atoms with E-state index in [0.717, 1.165) is 6.92 Å². The van der Waals surface area contributed by atoms with E-state index in [0.29, 0.717) is 30.3 Å². The standard InChI is InChI=1S/C15H8F9N/c1-7-8(13(16,17)18)5-6-11(25-7)12-9(14(19,20)21)3-2-4-10(12)15(22,23)24/h2-6H,1H3. The molecule has 0 aliphatic rings. The Hall–Kier alpha value is -2.26. The number of pyridine rings is 1. The molecule has 0 saturated heterocycles. The molecule has 1 heterocycles. The molecule has 0 saturated carbocycles. The fourth-order valence-electron chi connectivity index (χ4n) is 2.30. The normalized spacial score (nSPS) is 13.2. The quantitative estimate of drug-likeness (QED) is 0.550. The van der Waals surface area contributed by atoms with Gasteiger partial charge >= 0.3 is 18.5 Å². The molecule has 0 spiro atoms. The van der Waals surface area contributed by atoms with Crippen molar-refractivity contribution in [1.29, 1.82) is 0 Å². The Balaban J connectivity index is 2.80. The lowest BCUT2D eigenvalue weighted by molar-refractivity contribution is -0.142. The summed E-state index contributed by atoms with van der Waals surface area (Å²) in [5.41, 5.74) is -7.38. The molecule has 0 aliphatic heterocycles. The first-order valence-electron chi connectivity index (χ1n) is 6.55. The predicted molar refractivity (Wildman–Crippen MR) is 69.4 cm³/mol. The maximum absolute atomic E-state index is 13.1. The minimum atomic E-state index is -5.14. The highest BCUT2D eigenvalue weighted by Crippen LogP contribution is 2.44. The first-order chi connectivity index (χ1) is 11.2. The third-order valence-corrected chi connectivity index (χ3v) is 3.32. The molecule has 1 aromatic carbocycles. The molecule has 10 heteroatoms. The van der Waals surface area contributed by atoms with E-state index in [-0.39, 0.29) is 0 Å². The SMILES string of the molecule is Cc1nc(-c2c(C(F)(F)F)cccc2C(F)(F)F)ccc1C(F)(F)F. The van der Waals surface area contributed by atoms with Gasteiger partial charge in [0.1, 0.15) is 0 Å². The van der Waals surface area contributed by atoms with Gasteiger partial charge in [0.15, 0.2) is 0 Å². The highest BCUT2D eigenvalue weighted by atomic mass is 19.4. The van der Waals surface area contributed by atoms with E-state index in [1.165, 1.54) is 0 Å². The minimum absolute atomic E-state index is 0.408. The second-order valence-corrected chi connectivity index (χ2v) is 5.05. The lowest BCUT2D eigenvalue weighted by Gasteiger charge is -2.19. The Morgan fingerprint density at radius 3 is 1.44 bits per heavy atom. The van der Waals surface area contributed by atoms with E-state index < -0.39 is 52.2 Å². The zero-order valence-corrected chi connectivity index (χ0v) is 12.2. The van der Waals surface area contributed by atoms with Crippen molar-refractivity contribution in [2.45, 2.75) is 25.5 Å². The van der Waals surface area contributed by atoms with Gasteiger partial charge in [-0.15, -0.1) is 0 Å². The summed E-state index contributed by atoms with van der Waals surface area (Å²) < 4.78 is 117. The van der Waals surface area contributed by atoms with Crippen LogP contribution in [0.3, 0.4) is 0 Å². The van der Waals surface area contributed by atoms with E-state index in [9.17, 15) is 39.5 Å². The molecule has 2 aromatic rings. The first kappa shape index (κ1) is 19.1. The Bertz CT molecular complexity index is 753. The van der Waals surface area contributed by atoms with Crippen LogP contribution in [-0.2, 0) is 18.5 Å². The van der Waals surface area contributed by atoms with Crippen LogP contribution in [0, 0.1) is 6.92 Å². The minimum Gasteiger partial charge on any atom is -0.252 e. The van der Waals surface area contributed by atoms with E-state index in [2.05, 4.69) is 4.98 Å². The molecule has 0 atom stereocenters. The van der Waals surface area contributed by atoms with Crippen molar-refractivity contribution in [2.24, 2.45) is 0 Å². The van der Waals surface area contributed by atoms with Gasteiger partial charge in [-0.2, -0.15) is 39.5 Å². The highest BCUT2D eigenvalue weighted by molar-refractivity contribution is 5.70. The number of benzene rings is 1. The first-order valence-corrected chi connectivity index (χ1v) is 6.55. The molecule has 2 rings (SSSR count). The number of alkyl halides is 9. The van der Waals surface area contributed by atoms with E-state index in [1.807, 2.05) is 0 Å². The van der Waals surface area contributed by atoms with Crippen molar-refractivity contribution in [3.63, 3.8) is 0 Å². The smallest absolute Gasteiger partial charge is 0.252 e. The fourth-order valence-corrected chi connectivity index (χ4v) is 2.30. The second kappa shape index (κ2) is 5.92. The summed E-state index contributed by atoms with van der Waals surface area (Å²) in [4.78, 5) is 3.34. The van der Waals surface area contributed by atoms with E-state index in [1.54, 1.807) is 0 Å². The Kier molecular flexibility index (Phi) is 4.52. The van der Waals surface area contributed by atoms with Crippen molar-refractivity contribution < 1.29 is 39.5 Å². The van der Waals surface area contributed by atoms with Gasteiger partial charge in [-0.05, 0) is 31.2 Å². The van der Waals surface area contributed by atoms with Crippen LogP contribution < -0.4 is 0 Å². The van der Waals surface area contributed by atoms with Crippen LogP contribution in [0.5, 0.6) is 0 Å². The molecule has 25 heavy (non-hydrogen) atoms. The van der Waals surface area contributed by atoms with Crippen molar-refractivity contribution in [2.75, 3.05) is 0 Å². The zero-order valence-electron chi connectivity index (χ0n) is 12.2. The Labute approximate surface area is 135 Å². The maximum Gasteiger partial charge on any atom is 0.418 e. The summed E-state index contributed by atoms with van der Waals surface area (Å²) in [5.74, 6) is 0. The van der Waals surface area contributed by atoms with Gasteiger partial charge in [-0.3, -0.25) is 4.98 Å². The number of aromatic nitrogens is 1. The van der Waals surface area contributed by atoms with Crippen LogP contribution in [0.15, 0.2) is 30.3 Å². The van der Waals surface area contributed by atoms with Gasteiger partial charge in [-0.25, -0.2) is 0 Å². The Morgan fingerprint density at radius 2 is 1.08 bits per heavy atom. The highest BCUT2D eigenvalue weighted by Gasteiger charge is 2.42. The fraction of sp³-hybridized carbons (Fsp3) is 0.267. The van der Waals surface area contributed by atoms with Crippen LogP contribution in [0.1, 0.15) is 22.4 Å². The number of halogens is 9. The molecule has 0 aliphatic carbocycles. The number of aryl methyl sites for hydroxylation is 1. The molecule has 0 fully saturated rings. The molecule has 0 amide bonds. The average molecular weight is 373 g/mol. The van der Waals surface area contributed by atoms with Gasteiger partial charge in [0.2, 0.25) is 0 Å². The van der Waals surface area contributed by atoms with Gasteiger partial charge in [-0.1, -0.05) is 6.07 Å². The van der Waals surface area contributed by atoms with Crippen LogP contribution in [-0.4, -0.2) is 4.98 Å². The summed E-state index contributed by atoms with van der Waals surface area (Å²) in [6, 6.07) is 2.31. The van der Waals surface area contributed by atoms with Gasteiger partial charge < -0.3 is 0 Å². The molecule has 0 radical (unpaired) electrons. The largest absolute Gasteiger partial charge is 0.418 e. The zero-order chi connectivity index (χ0) is 19.2. The van der Waals surface area contributed by atoms with Gasteiger partial charge in [0, 0.05) is 5.56 Å². The molecular formula is C15H8F9N. The number of nitrogens with zero attached hydrogens (tertiary/aromatic N) is 1. The average Bonchev–Trinajstić information content (AvgIpc) is 2.43. The summed E-state index contributed by atoms with van der Waals surface area (Å²) in [6.45, 7) is 0.857. The Morgan fingerprint density at radius 1 is 0.640 bits per heavy atom. The summed E-state index contributed by atoms with van der Waals surface area (Å²) in [5, 5.41) is 0.